The van der Waals surface area contributed by atoms with Crippen LogP contribution >= 0.6 is 0 Å². The van der Waals surface area contributed by atoms with Gasteiger partial charge in [-0.1, -0.05) is 12.1 Å². The lowest BCUT2D eigenvalue weighted by molar-refractivity contribution is 0.572. The molecule has 0 spiro atoms. The second-order valence-corrected chi connectivity index (χ2v) is 5.33. The molecule has 0 aliphatic carbocycles. The molecule has 0 amide bonds. The highest BCUT2D eigenvalue weighted by atomic mass is 19.1. The number of benzene rings is 1. The highest BCUT2D eigenvalue weighted by Gasteiger charge is 2.17. The fraction of sp³-hybridized carbons (Fsp3) is 0.438. The zero-order valence-corrected chi connectivity index (χ0v) is 12.8. The van der Waals surface area contributed by atoms with Crippen LogP contribution in [0.5, 0.6) is 0 Å². The molecule has 0 aliphatic heterocycles. The summed E-state index contributed by atoms with van der Waals surface area (Å²) >= 11 is 0. The Morgan fingerprint density at radius 1 is 1.30 bits per heavy atom. The molecular formula is C16H22FN3. The SMILES string of the molecule is CNC(Cc1c(C)nn(C)c1C)c1ccc(C)c(F)c1. The number of aryl methyl sites for hydroxylation is 3. The van der Waals surface area contributed by atoms with E-state index in [4.69, 9.17) is 0 Å². The number of aromatic nitrogens is 2. The third-order valence-corrected chi connectivity index (χ3v) is 4.01. The Morgan fingerprint density at radius 3 is 2.50 bits per heavy atom. The van der Waals surface area contributed by atoms with Crippen molar-refractivity contribution in [3.8, 4) is 0 Å². The van der Waals surface area contributed by atoms with E-state index >= 15 is 0 Å². The zero-order valence-electron chi connectivity index (χ0n) is 12.8. The van der Waals surface area contributed by atoms with Gasteiger partial charge in [-0.3, -0.25) is 4.68 Å². The first-order valence-corrected chi connectivity index (χ1v) is 6.86. The van der Waals surface area contributed by atoms with E-state index in [1.165, 1.54) is 5.56 Å². The summed E-state index contributed by atoms with van der Waals surface area (Å²) in [4.78, 5) is 0. The molecule has 2 aromatic rings. The standard InChI is InChI=1S/C16H22FN3/c1-10-6-7-13(8-15(10)17)16(18-4)9-14-11(2)19-20(5)12(14)3/h6-8,16,18H,9H2,1-5H3. The summed E-state index contributed by atoms with van der Waals surface area (Å²) in [6, 6.07) is 5.53. The van der Waals surface area contributed by atoms with Crippen molar-refractivity contribution in [2.24, 2.45) is 7.05 Å². The lowest BCUT2D eigenvalue weighted by Gasteiger charge is -2.17. The fourth-order valence-corrected chi connectivity index (χ4v) is 2.53. The number of nitrogens with one attached hydrogen (secondary N) is 1. The minimum absolute atomic E-state index is 0.0895. The van der Waals surface area contributed by atoms with E-state index < -0.39 is 0 Å². The summed E-state index contributed by atoms with van der Waals surface area (Å²) in [5, 5.41) is 7.71. The molecule has 1 heterocycles. The molecule has 0 fully saturated rings. The van der Waals surface area contributed by atoms with Gasteiger partial charge in [-0.15, -0.1) is 0 Å². The molecule has 108 valence electrons. The maximum Gasteiger partial charge on any atom is 0.126 e. The number of halogens is 1. The molecule has 1 N–H and O–H groups in total. The Morgan fingerprint density at radius 2 is 2.00 bits per heavy atom. The van der Waals surface area contributed by atoms with Crippen LogP contribution in [0.15, 0.2) is 18.2 Å². The third kappa shape index (κ3) is 2.75. The molecule has 0 aliphatic rings. The number of nitrogens with zero attached hydrogens (tertiary/aromatic N) is 2. The van der Waals surface area contributed by atoms with E-state index in [2.05, 4.69) is 17.3 Å². The van der Waals surface area contributed by atoms with Gasteiger partial charge >= 0.3 is 0 Å². The fourth-order valence-electron chi connectivity index (χ4n) is 2.53. The molecule has 4 heteroatoms. The normalized spacial score (nSPS) is 12.7. The first kappa shape index (κ1) is 14.7. The van der Waals surface area contributed by atoms with Crippen molar-refractivity contribution < 1.29 is 4.39 Å². The molecule has 20 heavy (non-hydrogen) atoms. The minimum atomic E-state index is -0.151. The van der Waals surface area contributed by atoms with Crippen LogP contribution in [0, 0.1) is 26.6 Å². The van der Waals surface area contributed by atoms with E-state index in [0.717, 1.165) is 23.4 Å². The van der Waals surface area contributed by atoms with E-state index in [0.29, 0.717) is 5.56 Å². The van der Waals surface area contributed by atoms with Crippen molar-refractivity contribution in [1.29, 1.82) is 0 Å². The molecule has 0 bridgehead atoms. The van der Waals surface area contributed by atoms with E-state index in [1.54, 1.807) is 13.0 Å². The van der Waals surface area contributed by atoms with Crippen molar-refractivity contribution in [2.45, 2.75) is 33.2 Å². The highest BCUT2D eigenvalue weighted by Crippen LogP contribution is 2.23. The largest absolute Gasteiger partial charge is 0.313 e. The van der Waals surface area contributed by atoms with Gasteiger partial charge in [0.25, 0.3) is 0 Å². The summed E-state index contributed by atoms with van der Waals surface area (Å²) in [6.07, 6.45) is 0.810. The van der Waals surface area contributed by atoms with Gasteiger partial charge in [0.05, 0.1) is 5.69 Å². The maximum atomic E-state index is 13.7. The monoisotopic (exact) mass is 275 g/mol. The van der Waals surface area contributed by atoms with Gasteiger partial charge in [0.2, 0.25) is 0 Å². The molecular weight excluding hydrogens is 253 g/mol. The second-order valence-electron chi connectivity index (χ2n) is 5.33. The summed E-state index contributed by atoms with van der Waals surface area (Å²) in [5.74, 6) is -0.151. The van der Waals surface area contributed by atoms with Crippen LogP contribution in [0.3, 0.4) is 0 Å². The van der Waals surface area contributed by atoms with Crippen LogP contribution in [0.4, 0.5) is 4.39 Å². The van der Waals surface area contributed by atoms with E-state index in [-0.39, 0.29) is 11.9 Å². The Balaban J connectivity index is 2.31. The second kappa shape index (κ2) is 5.75. The molecule has 0 radical (unpaired) electrons. The van der Waals surface area contributed by atoms with Crippen LogP contribution < -0.4 is 5.32 Å². The number of hydrogen-bond acceptors (Lipinski definition) is 2. The third-order valence-electron chi connectivity index (χ3n) is 4.01. The summed E-state index contributed by atoms with van der Waals surface area (Å²) in [7, 11) is 3.86. The van der Waals surface area contributed by atoms with Gasteiger partial charge < -0.3 is 5.32 Å². The molecule has 3 nitrogen and oxygen atoms in total. The van der Waals surface area contributed by atoms with Gasteiger partial charge in [0, 0.05) is 18.8 Å². The molecule has 1 aromatic heterocycles. The quantitative estimate of drug-likeness (QED) is 0.929. The Labute approximate surface area is 119 Å². The highest BCUT2D eigenvalue weighted by molar-refractivity contribution is 5.30. The number of likely N-dealkylation sites (N-methyl/N-ethyl adjacent to an activating group) is 1. The van der Waals surface area contributed by atoms with Gasteiger partial charge in [-0.25, -0.2) is 4.39 Å². The van der Waals surface area contributed by atoms with E-state index in [1.807, 2.05) is 37.8 Å². The first-order chi connectivity index (χ1) is 9.43. The number of rotatable bonds is 4. The topological polar surface area (TPSA) is 29.9 Å². The molecule has 0 saturated carbocycles. The minimum Gasteiger partial charge on any atom is -0.313 e. The number of hydrogen-bond donors (Lipinski definition) is 1. The maximum absolute atomic E-state index is 13.7. The molecule has 1 aromatic carbocycles. The lowest BCUT2D eigenvalue weighted by atomic mass is 9.97. The lowest BCUT2D eigenvalue weighted by Crippen LogP contribution is -2.19. The van der Waals surface area contributed by atoms with Gasteiger partial charge in [-0.05, 0) is 57.0 Å². The first-order valence-electron chi connectivity index (χ1n) is 6.86. The smallest absolute Gasteiger partial charge is 0.126 e. The van der Waals surface area contributed by atoms with E-state index in [9.17, 15) is 4.39 Å². The van der Waals surface area contributed by atoms with Crippen molar-refractivity contribution in [1.82, 2.24) is 15.1 Å². The zero-order chi connectivity index (χ0) is 14.9. The summed E-state index contributed by atoms with van der Waals surface area (Å²) < 4.78 is 15.6. The average Bonchev–Trinajstić information content (AvgIpc) is 2.65. The van der Waals surface area contributed by atoms with Crippen LogP contribution in [-0.4, -0.2) is 16.8 Å². The van der Waals surface area contributed by atoms with Crippen molar-refractivity contribution >= 4 is 0 Å². The predicted molar refractivity (Wildman–Crippen MR) is 79.3 cm³/mol. The predicted octanol–water partition coefficient (Wildman–Crippen LogP) is 2.99. The van der Waals surface area contributed by atoms with Gasteiger partial charge in [0.1, 0.15) is 5.82 Å². The Hall–Kier alpha value is -1.68. The van der Waals surface area contributed by atoms with Crippen LogP contribution in [-0.2, 0) is 13.5 Å². The molecule has 2 rings (SSSR count). The van der Waals surface area contributed by atoms with Crippen LogP contribution in [0.2, 0.25) is 0 Å². The van der Waals surface area contributed by atoms with Crippen molar-refractivity contribution in [3.05, 3.63) is 52.1 Å². The molecule has 1 atom stereocenters. The van der Waals surface area contributed by atoms with Crippen LogP contribution in [0.25, 0.3) is 0 Å². The molecule has 1 unspecified atom stereocenters. The van der Waals surface area contributed by atoms with Gasteiger partial charge in [-0.2, -0.15) is 5.10 Å². The van der Waals surface area contributed by atoms with Gasteiger partial charge in [0.15, 0.2) is 0 Å². The average molecular weight is 275 g/mol. The molecule has 0 saturated heterocycles. The van der Waals surface area contributed by atoms with Crippen molar-refractivity contribution in [3.63, 3.8) is 0 Å². The Bertz CT molecular complexity index is 616. The summed E-state index contributed by atoms with van der Waals surface area (Å²) in [5.41, 5.74) is 5.08. The Kier molecular flexibility index (Phi) is 4.23. The summed E-state index contributed by atoms with van der Waals surface area (Å²) in [6.45, 7) is 5.87. The van der Waals surface area contributed by atoms with Crippen LogP contribution in [0.1, 0.15) is 34.1 Å². The van der Waals surface area contributed by atoms with Crippen molar-refractivity contribution in [2.75, 3.05) is 7.05 Å².